The molecule has 0 saturated heterocycles. The summed E-state index contributed by atoms with van der Waals surface area (Å²) in [4.78, 5) is 0. The SMILES string of the molecule is C.C.C.C.[B][B]B(C)C[CH2-].[CH3-].[Y].[Y].[Y]. The van der Waals surface area contributed by atoms with E-state index in [1.807, 2.05) is 6.82 Å². The molecule has 0 aromatic carbocycles. The van der Waals surface area contributed by atoms with Gasteiger partial charge in [-0.2, -0.15) is 0 Å². The topological polar surface area (TPSA) is 0 Å². The minimum Gasteiger partial charge on any atom is -0.358 e. The Morgan fingerprint density at radius 2 is 1.29 bits per heavy atom. The molecule has 0 nitrogen and oxygen atoms in total. The first-order chi connectivity index (χ1) is 2.81. The molecular formula is C8H26B3Y3-2. The summed E-state index contributed by atoms with van der Waals surface area (Å²) >= 11 is 0. The van der Waals surface area contributed by atoms with Crippen molar-refractivity contribution in [2.24, 2.45) is 0 Å². The Hall–Kier alpha value is 3.51. The zero-order valence-corrected chi connectivity index (χ0v) is 15.4. The van der Waals surface area contributed by atoms with E-state index < -0.39 is 0 Å². The first-order valence-corrected chi connectivity index (χ1v) is 2.15. The zero-order chi connectivity index (χ0) is 4.99. The van der Waals surface area contributed by atoms with Crippen LogP contribution in [0.3, 0.4) is 0 Å². The second kappa shape index (κ2) is 54.9. The Morgan fingerprint density at radius 1 is 1.07 bits per heavy atom. The van der Waals surface area contributed by atoms with E-state index in [1.165, 1.54) is 0 Å². The largest absolute Gasteiger partial charge is 0.358 e. The quantitative estimate of drug-likeness (QED) is 0.475. The van der Waals surface area contributed by atoms with Crippen molar-refractivity contribution >= 4 is 21.4 Å². The standard InChI is InChI=1S/C3H7B3.4CH4.CH3.3Y/c1-3-6(2)5-4;;;;;;;;/h1,3H2,2H3;4*1H4;1H3;;;/q-1;;;;;-1;;;. The molecule has 0 saturated carbocycles. The second-order valence-electron chi connectivity index (χ2n) is 1.46. The Bertz CT molecular complexity index is 39.0. The Morgan fingerprint density at radius 3 is 1.29 bits per heavy atom. The summed E-state index contributed by atoms with van der Waals surface area (Å²) in [7, 11) is 6.78. The van der Waals surface area contributed by atoms with E-state index in [4.69, 9.17) is 7.74 Å². The molecule has 0 aliphatic rings. The van der Waals surface area contributed by atoms with Gasteiger partial charge in [-0.15, -0.1) is 0 Å². The molecule has 0 heterocycles. The van der Waals surface area contributed by atoms with Crippen molar-refractivity contribution in [2.45, 2.75) is 42.8 Å². The third-order valence-electron chi connectivity index (χ3n) is 0.784. The summed E-state index contributed by atoms with van der Waals surface area (Å²) < 4.78 is 0. The zero-order valence-electron chi connectivity index (χ0n) is 6.88. The summed E-state index contributed by atoms with van der Waals surface area (Å²) in [6.45, 7) is 6.16. The molecule has 78 valence electrons. The van der Waals surface area contributed by atoms with Gasteiger partial charge in [-0.3, -0.25) is 0 Å². The van der Waals surface area contributed by atoms with E-state index in [1.54, 1.807) is 7.06 Å². The molecule has 14 heavy (non-hydrogen) atoms. The van der Waals surface area contributed by atoms with E-state index in [2.05, 4.69) is 6.92 Å². The van der Waals surface area contributed by atoms with Crippen LogP contribution in [0.25, 0.3) is 0 Å². The number of hydrogen-bond donors (Lipinski definition) is 0. The molecule has 0 aliphatic heterocycles. The van der Waals surface area contributed by atoms with Crippen LogP contribution in [0.5, 0.6) is 0 Å². The van der Waals surface area contributed by atoms with Gasteiger partial charge >= 0.3 is 0 Å². The summed E-state index contributed by atoms with van der Waals surface area (Å²) in [5, 5.41) is 0. The van der Waals surface area contributed by atoms with Gasteiger partial charge in [0, 0.05) is 113 Å². The number of hydrogen-bond acceptors (Lipinski definition) is 0. The molecule has 0 N–H and O–H groups in total. The van der Waals surface area contributed by atoms with E-state index in [-0.39, 0.29) is 135 Å². The van der Waals surface area contributed by atoms with Gasteiger partial charge in [-0.05, 0) is 0 Å². The van der Waals surface area contributed by atoms with Crippen LogP contribution < -0.4 is 0 Å². The maximum absolute atomic E-state index is 5.12. The maximum Gasteiger partial charge on any atom is 0.0566 e. The van der Waals surface area contributed by atoms with Crippen molar-refractivity contribution in [3.05, 3.63) is 14.4 Å². The van der Waals surface area contributed by atoms with Crippen molar-refractivity contribution in [2.75, 3.05) is 0 Å². The average molecular weight is 421 g/mol. The van der Waals surface area contributed by atoms with Crippen molar-refractivity contribution in [1.82, 2.24) is 0 Å². The molecule has 0 aromatic rings. The minimum absolute atomic E-state index is 0. The van der Waals surface area contributed by atoms with Crippen LogP contribution in [-0.4, -0.2) is 21.4 Å². The van der Waals surface area contributed by atoms with Gasteiger partial charge in [0.2, 0.25) is 0 Å². The fraction of sp³-hybridized carbons (Fsp3) is 0.750. The van der Waals surface area contributed by atoms with E-state index >= 15 is 0 Å². The van der Waals surface area contributed by atoms with Gasteiger partial charge in [0.1, 0.15) is 0 Å². The van der Waals surface area contributed by atoms with Gasteiger partial charge in [-0.25, -0.2) is 6.32 Å². The van der Waals surface area contributed by atoms with Gasteiger partial charge in [0.15, 0.2) is 0 Å². The average Bonchev–Trinajstić information content (AvgIpc) is 1.65. The fourth-order valence-electron chi connectivity index (χ4n) is 0.0962. The third kappa shape index (κ3) is 57.9. The molecule has 0 fully saturated rings. The summed E-state index contributed by atoms with van der Waals surface area (Å²) in [5.41, 5.74) is 0. The van der Waals surface area contributed by atoms with Crippen LogP contribution in [0.15, 0.2) is 0 Å². The smallest absolute Gasteiger partial charge is 0.0566 e. The van der Waals surface area contributed by atoms with Crippen LogP contribution in [0.2, 0.25) is 13.1 Å². The number of rotatable bonds is 2. The fourth-order valence-corrected chi connectivity index (χ4v) is 0.0962. The van der Waals surface area contributed by atoms with Crippen LogP contribution in [0.1, 0.15) is 29.7 Å². The molecular weight excluding hydrogens is 395 g/mol. The van der Waals surface area contributed by atoms with Crippen LogP contribution in [-0.2, 0) is 98.1 Å². The Kier molecular flexibility index (Phi) is 258. The molecule has 0 amide bonds. The van der Waals surface area contributed by atoms with E-state index in [0.29, 0.717) is 6.60 Å². The molecule has 0 aliphatic carbocycles. The van der Waals surface area contributed by atoms with E-state index in [0.717, 1.165) is 6.32 Å². The predicted molar refractivity (Wildman–Crippen MR) is 66.6 cm³/mol. The monoisotopic (exact) mass is 422 g/mol. The Labute approximate surface area is 173 Å². The van der Waals surface area contributed by atoms with Crippen LogP contribution in [0.4, 0.5) is 0 Å². The van der Waals surface area contributed by atoms with Crippen molar-refractivity contribution in [3.8, 4) is 0 Å². The molecule has 6 heteroatoms. The molecule has 0 bridgehead atoms. The minimum atomic E-state index is 0. The molecule has 0 atom stereocenters. The molecule has 0 aromatic heterocycles. The molecule has 6 radical (unpaired) electrons. The van der Waals surface area contributed by atoms with Gasteiger partial charge in [0.25, 0.3) is 0 Å². The van der Waals surface area contributed by atoms with Crippen LogP contribution >= 0.6 is 0 Å². The summed E-state index contributed by atoms with van der Waals surface area (Å²) in [5.74, 6) is 0. The van der Waals surface area contributed by atoms with Crippen molar-refractivity contribution in [3.63, 3.8) is 0 Å². The van der Waals surface area contributed by atoms with Crippen molar-refractivity contribution < 1.29 is 98.1 Å². The van der Waals surface area contributed by atoms with Gasteiger partial charge in [0.05, 0.1) is 6.60 Å². The second-order valence-corrected chi connectivity index (χ2v) is 1.46. The van der Waals surface area contributed by atoms with E-state index in [9.17, 15) is 0 Å². The normalized spacial score (nSPS) is 3.29. The Balaban J connectivity index is -0.00000000446. The molecule has 0 unspecified atom stereocenters. The molecule has 0 spiro atoms. The third-order valence-corrected chi connectivity index (χ3v) is 0.784. The molecule has 0 rings (SSSR count). The summed E-state index contributed by atoms with van der Waals surface area (Å²) in [6.07, 6.45) is 0.899. The first-order valence-electron chi connectivity index (χ1n) is 2.15. The van der Waals surface area contributed by atoms with Crippen molar-refractivity contribution in [1.29, 1.82) is 0 Å². The summed E-state index contributed by atoms with van der Waals surface area (Å²) in [6, 6.07) is 0. The first kappa shape index (κ1) is 65.9. The maximum atomic E-state index is 5.12. The van der Waals surface area contributed by atoms with Crippen LogP contribution in [0, 0.1) is 14.4 Å². The van der Waals surface area contributed by atoms with Gasteiger partial charge in [-0.1, -0.05) is 36.5 Å². The van der Waals surface area contributed by atoms with Gasteiger partial charge < -0.3 is 14.4 Å². The predicted octanol–water partition coefficient (Wildman–Crippen LogP) is 3.22.